The van der Waals surface area contributed by atoms with Crippen molar-refractivity contribution in [2.75, 3.05) is 0 Å². The number of primary amides is 1. The molecule has 3 aromatic rings. The smallest absolute Gasteiger partial charge is 0.251 e. The minimum atomic E-state index is -0.883. The molecule has 0 fully saturated rings. The van der Waals surface area contributed by atoms with Crippen molar-refractivity contribution in [3.8, 4) is 6.07 Å². The van der Waals surface area contributed by atoms with Crippen molar-refractivity contribution < 1.29 is 9.59 Å². The first kappa shape index (κ1) is 17.1. The average molecular weight is 344 g/mol. The van der Waals surface area contributed by atoms with Crippen molar-refractivity contribution in [3.05, 3.63) is 77.5 Å². The first-order valence-corrected chi connectivity index (χ1v) is 8.02. The summed E-state index contributed by atoms with van der Waals surface area (Å²) in [7, 11) is 0. The summed E-state index contributed by atoms with van der Waals surface area (Å²) < 4.78 is 0. The summed E-state index contributed by atoms with van der Waals surface area (Å²) in [5.74, 6) is -1.07. The Hall–Kier alpha value is -3.72. The Labute approximate surface area is 150 Å². The zero-order valence-electron chi connectivity index (χ0n) is 13.8. The first-order chi connectivity index (χ1) is 12.6. The number of aromatic nitrogens is 1. The Balaban J connectivity index is 1.76. The van der Waals surface area contributed by atoms with Gasteiger partial charge in [0.05, 0.1) is 17.1 Å². The van der Waals surface area contributed by atoms with Crippen molar-refractivity contribution in [2.45, 2.75) is 12.5 Å². The third-order valence-corrected chi connectivity index (χ3v) is 3.99. The second-order valence-electron chi connectivity index (χ2n) is 5.82. The molecule has 0 saturated heterocycles. The minimum Gasteiger partial charge on any atom is -0.368 e. The fourth-order valence-corrected chi connectivity index (χ4v) is 2.59. The lowest BCUT2D eigenvalue weighted by Crippen LogP contribution is -2.46. The van der Waals surface area contributed by atoms with E-state index in [1.807, 2.05) is 42.5 Å². The number of nitrogens with two attached hydrogens (primary N) is 1. The van der Waals surface area contributed by atoms with E-state index in [1.54, 1.807) is 12.1 Å². The summed E-state index contributed by atoms with van der Waals surface area (Å²) >= 11 is 0. The van der Waals surface area contributed by atoms with Gasteiger partial charge in [-0.1, -0.05) is 24.3 Å². The Bertz CT molecular complexity index is 1010. The van der Waals surface area contributed by atoms with Crippen LogP contribution in [0.5, 0.6) is 0 Å². The largest absolute Gasteiger partial charge is 0.368 e. The second-order valence-corrected chi connectivity index (χ2v) is 5.82. The van der Waals surface area contributed by atoms with Gasteiger partial charge in [-0.3, -0.25) is 14.6 Å². The normalized spacial score (nSPS) is 11.5. The zero-order chi connectivity index (χ0) is 18.5. The molecule has 2 aromatic carbocycles. The van der Waals surface area contributed by atoms with Crippen LogP contribution in [0.4, 0.5) is 0 Å². The molecule has 1 heterocycles. The molecule has 2 amide bonds. The lowest BCUT2D eigenvalue weighted by molar-refractivity contribution is -0.119. The monoisotopic (exact) mass is 344 g/mol. The van der Waals surface area contributed by atoms with E-state index < -0.39 is 17.9 Å². The quantitative estimate of drug-likeness (QED) is 0.737. The van der Waals surface area contributed by atoms with E-state index in [9.17, 15) is 9.59 Å². The van der Waals surface area contributed by atoms with E-state index in [-0.39, 0.29) is 6.42 Å². The Morgan fingerprint density at radius 1 is 1.08 bits per heavy atom. The number of carbonyl (C=O) groups excluding carboxylic acids is 2. The van der Waals surface area contributed by atoms with Crippen LogP contribution in [0.15, 0.2) is 60.7 Å². The van der Waals surface area contributed by atoms with Gasteiger partial charge in [0, 0.05) is 23.1 Å². The standard InChI is InChI=1S/C20H16N4O2/c21-12-13-5-7-15(8-6-13)20(26)24-18(19(22)25)11-16-10-9-14-3-1-2-4-17(14)23-16/h1-10,18H,11H2,(H2,22,25)(H,24,26)/t18-/m1/s1. The fraction of sp³-hybridized carbons (Fsp3) is 0.100. The molecule has 128 valence electrons. The molecule has 0 aliphatic carbocycles. The molecular formula is C20H16N4O2. The number of amides is 2. The molecule has 3 rings (SSSR count). The molecule has 0 unspecified atom stereocenters. The number of rotatable bonds is 5. The van der Waals surface area contributed by atoms with Gasteiger partial charge in [0.2, 0.25) is 5.91 Å². The van der Waals surface area contributed by atoms with Gasteiger partial charge in [-0.25, -0.2) is 0 Å². The topological polar surface area (TPSA) is 109 Å². The SMILES string of the molecule is N#Cc1ccc(C(=O)N[C@H](Cc2ccc3ccccc3n2)C(N)=O)cc1. The minimum absolute atomic E-state index is 0.197. The highest BCUT2D eigenvalue weighted by Crippen LogP contribution is 2.13. The number of para-hydroxylation sites is 1. The van der Waals surface area contributed by atoms with Gasteiger partial charge in [-0.15, -0.1) is 0 Å². The third-order valence-electron chi connectivity index (χ3n) is 3.99. The van der Waals surface area contributed by atoms with E-state index >= 15 is 0 Å². The molecule has 0 aliphatic rings. The van der Waals surface area contributed by atoms with Gasteiger partial charge in [-0.2, -0.15) is 5.26 Å². The van der Waals surface area contributed by atoms with E-state index in [0.717, 1.165) is 10.9 Å². The summed E-state index contributed by atoms with van der Waals surface area (Å²) in [5, 5.41) is 12.4. The van der Waals surface area contributed by atoms with Gasteiger partial charge in [0.25, 0.3) is 5.91 Å². The van der Waals surface area contributed by atoms with Crippen LogP contribution in [0.2, 0.25) is 0 Å². The number of pyridine rings is 1. The van der Waals surface area contributed by atoms with E-state index in [2.05, 4.69) is 10.3 Å². The van der Waals surface area contributed by atoms with Gasteiger partial charge in [0.15, 0.2) is 0 Å². The second kappa shape index (κ2) is 7.45. The molecule has 1 atom stereocenters. The summed E-state index contributed by atoms with van der Waals surface area (Å²) in [6.07, 6.45) is 0.197. The Morgan fingerprint density at radius 2 is 1.81 bits per heavy atom. The average Bonchev–Trinajstić information content (AvgIpc) is 2.67. The van der Waals surface area contributed by atoms with Crippen LogP contribution in [-0.2, 0) is 11.2 Å². The van der Waals surface area contributed by atoms with Gasteiger partial charge in [-0.05, 0) is 36.4 Å². The molecule has 1 aromatic heterocycles. The number of nitriles is 1. The molecule has 0 bridgehead atoms. The molecular weight excluding hydrogens is 328 g/mol. The number of nitrogens with one attached hydrogen (secondary N) is 1. The van der Waals surface area contributed by atoms with Crippen LogP contribution >= 0.6 is 0 Å². The maximum absolute atomic E-state index is 12.3. The van der Waals surface area contributed by atoms with Crippen molar-refractivity contribution >= 4 is 22.7 Å². The van der Waals surface area contributed by atoms with Gasteiger partial charge < -0.3 is 11.1 Å². The van der Waals surface area contributed by atoms with Gasteiger partial charge in [0.1, 0.15) is 6.04 Å². The maximum atomic E-state index is 12.3. The van der Waals surface area contributed by atoms with E-state index in [1.165, 1.54) is 12.1 Å². The van der Waals surface area contributed by atoms with Crippen LogP contribution in [0, 0.1) is 11.3 Å². The summed E-state index contributed by atoms with van der Waals surface area (Å²) in [4.78, 5) is 28.6. The summed E-state index contributed by atoms with van der Waals surface area (Å²) in [5.41, 5.74) is 7.72. The van der Waals surface area contributed by atoms with Gasteiger partial charge >= 0.3 is 0 Å². The van der Waals surface area contributed by atoms with Crippen LogP contribution in [-0.4, -0.2) is 22.8 Å². The molecule has 6 heteroatoms. The number of hydrogen-bond donors (Lipinski definition) is 2. The lowest BCUT2D eigenvalue weighted by Gasteiger charge is -2.15. The highest BCUT2D eigenvalue weighted by atomic mass is 16.2. The van der Waals surface area contributed by atoms with E-state index in [0.29, 0.717) is 16.8 Å². The third kappa shape index (κ3) is 3.84. The number of nitrogens with zero attached hydrogens (tertiary/aromatic N) is 2. The van der Waals surface area contributed by atoms with Crippen molar-refractivity contribution in [2.24, 2.45) is 5.73 Å². The molecule has 0 saturated carbocycles. The number of hydrogen-bond acceptors (Lipinski definition) is 4. The number of carbonyl (C=O) groups is 2. The molecule has 0 spiro atoms. The highest BCUT2D eigenvalue weighted by molar-refractivity contribution is 5.97. The summed E-state index contributed by atoms with van der Waals surface area (Å²) in [6.45, 7) is 0. The van der Waals surface area contributed by atoms with Crippen LogP contribution < -0.4 is 11.1 Å². The van der Waals surface area contributed by atoms with Crippen LogP contribution in [0.1, 0.15) is 21.6 Å². The molecule has 26 heavy (non-hydrogen) atoms. The zero-order valence-corrected chi connectivity index (χ0v) is 13.8. The van der Waals surface area contributed by atoms with Crippen molar-refractivity contribution in [3.63, 3.8) is 0 Å². The Kier molecular flexibility index (Phi) is 4.90. The van der Waals surface area contributed by atoms with Crippen molar-refractivity contribution in [1.82, 2.24) is 10.3 Å². The molecule has 6 nitrogen and oxygen atoms in total. The lowest BCUT2D eigenvalue weighted by atomic mass is 10.1. The summed E-state index contributed by atoms with van der Waals surface area (Å²) in [6, 6.07) is 18.6. The van der Waals surface area contributed by atoms with Crippen LogP contribution in [0.3, 0.4) is 0 Å². The van der Waals surface area contributed by atoms with E-state index in [4.69, 9.17) is 11.0 Å². The number of fused-ring (bicyclic) bond motifs is 1. The Morgan fingerprint density at radius 3 is 2.50 bits per heavy atom. The molecule has 0 aliphatic heterocycles. The highest BCUT2D eigenvalue weighted by Gasteiger charge is 2.20. The van der Waals surface area contributed by atoms with Crippen LogP contribution in [0.25, 0.3) is 10.9 Å². The van der Waals surface area contributed by atoms with Crippen molar-refractivity contribution in [1.29, 1.82) is 5.26 Å². The maximum Gasteiger partial charge on any atom is 0.251 e. The molecule has 0 radical (unpaired) electrons. The molecule has 3 N–H and O–H groups in total. The fourth-order valence-electron chi connectivity index (χ4n) is 2.59. The first-order valence-electron chi connectivity index (χ1n) is 8.02. The predicted molar refractivity (Wildman–Crippen MR) is 97.1 cm³/mol. The number of benzene rings is 2. The predicted octanol–water partition coefficient (Wildman–Crippen LogP) is 1.93.